The molecule has 1 N–H and O–H groups in total. The maximum Gasteiger partial charge on any atom is 0.303 e. The van der Waals surface area contributed by atoms with Crippen LogP contribution in [0.15, 0.2) is 23.3 Å². The molecule has 1 fully saturated rings. The fraction of sp³-hybridized carbons (Fsp3) is 0.773. The first kappa shape index (κ1) is 18.7. The monoisotopic (exact) mass is 346 g/mol. The number of aliphatic hydroxyl groups is 1. The summed E-state index contributed by atoms with van der Waals surface area (Å²) in [5, 5.41) is 11.2. The van der Waals surface area contributed by atoms with Crippen molar-refractivity contribution in [2.45, 2.75) is 84.8 Å². The van der Waals surface area contributed by atoms with Gasteiger partial charge in [0, 0.05) is 12.3 Å². The Bertz CT molecular complexity index is 590. The van der Waals surface area contributed by atoms with Crippen LogP contribution in [0.4, 0.5) is 0 Å². The van der Waals surface area contributed by atoms with Gasteiger partial charge in [0.05, 0.1) is 0 Å². The number of ether oxygens (including phenoxy) is 1. The van der Waals surface area contributed by atoms with Gasteiger partial charge in [-0.25, -0.2) is 0 Å². The second-order valence-corrected chi connectivity index (χ2v) is 9.01. The molecule has 1 saturated carbocycles. The van der Waals surface area contributed by atoms with Gasteiger partial charge in [0.15, 0.2) is 0 Å². The molecule has 3 nitrogen and oxygen atoms in total. The first-order valence-corrected chi connectivity index (χ1v) is 9.98. The molecule has 0 heterocycles. The van der Waals surface area contributed by atoms with E-state index in [2.05, 4.69) is 27.4 Å². The predicted molar refractivity (Wildman–Crippen MR) is 100.0 cm³/mol. The quantitative estimate of drug-likeness (QED) is 0.548. The van der Waals surface area contributed by atoms with E-state index in [1.165, 1.54) is 36.5 Å². The van der Waals surface area contributed by atoms with Crippen LogP contribution in [0.25, 0.3) is 0 Å². The summed E-state index contributed by atoms with van der Waals surface area (Å²) in [7, 11) is 0. The van der Waals surface area contributed by atoms with E-state index in [1.807, 2.05) is 0 Å². The van der Waals surface area contributed by atoms with E-state index in [-0.39, 0.29) is 11.4 Å². The van der Waals surface area contributed by atoms with Crippen LogP contribution in [0, 0.1) is 23.2 Å². The van der Waals surface area contributed by atoms with Gasteiger partial charge in [-0.2, -0.15) is 0 Å². The van der Waals surface area contributed by atoms with Crippen molar-refractivity contribution < 1.29 is 14.6 Å². The number of carbonyl (C=O) groups excluding carboxylic acids is 1. The minimum atomic E-state index is -0.617. The Kier molecular flexibility index (Phi) is 5.16. The molecule has 0 radical (unpaired) electrons. The highest BCUT2D eigenvalue weighted by Crippen LogP contribution is 2.59. The van der Waals surface area contributed by atoms with Crippen molar-refractivity contribution in [2.75, 3.05) is 0 Å². The van der Waals surface area contributed by atoms with Crippen molar-refractivity contribution in [1.29, 1.82) is 0 Å². The lowest BCUT2D eigenvalue weighted by Gasteiger charge is -2.48. The molecule has 2 bridgehead atoms. The summed E-state index contributed by atoms with van der Waals surface area (Å²) in [6.07, 6.45) is 6.53. The van der Waals surface area contributed by atoms with Gasteiger partial charge in [-0.15, -0.1) is 0 Å². The normalized spacial score (nSPS) is 42.1. The van der Waals surface area contributed by atoms with Gasteiger partial charge >= 0.3 is 5.97 Å². The summed E-state index contributed by atoms with van der Waals surface area (Å²) in [4.78, 5) is 11.7. The van der Waals surface area contributed by atoms with Crippen molar-refractivity contribution in [1.82, 2.24) is 0 Å². The van der Waals surface area contributed by atoms with Crippen LogP contribution < -0.4 is 0 Å². The van der Waals surface area contributed by atoms with Crippen molar-refractivity contribution in [3.8, 4) is 0 Å². The predicted octanol–water partition coefficient (Wildman–Crippen LogP) is 4.80. The van der Waals surface area contributed by atoms with Crippen LogP contribution in [0.5, 0.6) is 0 Å². The van der Waals surface area contributed by atoms with Crippen molar-refractivity contribution in [2.24, 2.45) is 23.2 Å². The van der Waals surface area contributed by atoms with E-state index in [4.69, 9.17) is 4.74 Å². The maximum absolute atomic E-state index is 11.7. The minimum Gasteiger partial charge on any atom is -0.455 e. The molecule has 3 rings (SSSR count). The van der Waals surface area contributed by atoms with E-state index in [0.717, 1.165) is 32.1 Å². The van der Waals surface area contributed by atoms with Crippen molar-refractivity contribution in [3.63, 3.8) is 0 Å². The molecule has 0 aromatic carbocycles. The molecule has 3 aliphatic carbocycles. The molecular formula is C22H34O3. The molecule has 6 atom stereocenters. The smallest absolute Gasteiger partial charge is 0.303 e. The zero-order chi connectivity index (χ0) is 18.4. The van der Waals surface area contributed by atoms with Gasteiger partial charge in [-0.3, -0.25) is 4.79 Å². The van der Waals surface area contributed by atoms with Gasteiger partial charge in [0.25, 0.3) is 0 Å². The maximum atomic E-state index is 11.7. The third-order valence-corrected chi connectivity index (χ3v) is 7.30. The number of hydrogen-bond donors (Lipinski definition) is 1. The van der Waals surface area contributed by atoms with Crippen LogP contribution in [0.1, 0.15) is 72.6 Å². The molecule has 0 aromatic heterocycles. The third-order valence-electron chi connectivity index (χ3n) is 7.30. The van der Waals surface area contributed by atoms with Gasteiger partial charge in [0.1, 0.15) is 12.2 Å². The van der Waals surface area contributed by atoms with Gasteiger partial charge < -0.3 is 9.84 Å². The highest BCUT2D eigenvalue weighted by atomic mass is 16.6. The lowest BCUT2D eigenvalue weighted by atomic mass is 9.61. The molecule has 0 aliphatic heterocycles. The second-order valence-electron chi connectivity index (χ2n) is 9.01. The summed E-state index contributed by atoms with van der Waals surface area (Å²) in [5.41, 5.74) is 3.68. The highest BCUT2D eigenvalue weighted by Gasteiger charge is 2.57. The SMILES string of the molecule is C=C1CCC[C@H](C)CCC2=C(C)[C@@H]3[C@H]1CC[C@]3(C)[C@@H](O)[C@@H]2OC(C)=O. The number of esters is 1. The van der Waals surface area contributed by atoms with E-state index >= 15 is 0 Å². The number of allylic oxidation sites excluding steroid dienone is 2. The molecule has 3 heteroatoms. The molecule has 140 valence electrons. The van der Waals surface area contributed by atoms with Crippen LogP contribution >= 0.6 is 0 Å². The fourth-order valence-electron chi connectivity index (χ4n) is 5.84. The Morgan fingerprint density at radius 2 is 2.00 bits per heavy atom. The van der Waals surface area contributed by atoms with Crippen molar-refractivity contribution in [3.05, 3.63) is 23.3 Å². The van der Waals surface area contributed by atoms with E-state index in [1.54, 1.807) is 0 Å². The van der Waals surface area contributed by atoms with Gasteiger partial charge in [-0.1, -0.05) is 38.0 Å². The molecule has 0 saturated heterocycles. The lowest BCUT2D eigenvalue weighted by molar-refractivity contribution is -0.158. The summed E-state index contributed by atoms with van der Waals surface area (Å²) in [6.45, 7) is 12.6. The first-order chi connectivity index (χ1) is 11.8. The average molecular weight is 347 g/mol. The van der Waals surface area contributed by atoms with Crippen molar-refractivity contribution >= 4 is 5.97 Å². The Morgan fingerprint density at radius 1 is 1.28 bits per heavy atom. The molecule has 0 spiro atoms. The average Bonchev–Trinajstić information content (AvgIpc) is 2.89. The van der Waals surface area contributed by atoms with E-state index in [0.29, 0.717) is 17.8 Å². The van der Waals surface area contributed by atoms with Crippen LogP contribution in [0.2, 0.25) is 0 Å². The number of aliphatic hydroxyl groups excluding tert-OH is 1. The number of rotatable bonds is 1. The molecule has 0 unspecified atom stereocenters. The third kappa shape index (κ3) is 3.20. The van der Waals surface area contributed by atoms with Crippen LogP contribution in [-0.4, -0.2) is 23.3 Å². The summed E-state index contributed by atoms with van der Waals surface area (Å²) in [6, 6.07) is 0. The summed E-state index contributed by atoms with van der Waals surface area (Å²) < 4.78 is 5.67. The van der Waals surface area contributed by atoms with Gasteiger partial charge in [0.2, 0.25) is 0 Å². The Labute approximate surface area is 152 Å². The number of hydrogen-bond acceptors (Lipinski definition) is 3. The Balaban J connectivity index is 2.07. The number of carbonyl (C=O) groups is 1. The molecule has 25 heavy (non-hydrogen) atoms. The molecule has 0 amide bonds. The first-order valence-electron chi connectivity index (χ1n) is 9.98. The standard InChI is InChI=1S/C22H34O3/c1-13-7-6-8-14(2)17-11-12-22(5)19(17)15(3)18(10-9-13)20(21(22)24)25-16(4)23/h13,17,19-21,24H,2,6-12H2,1,3-5H3/t13-,17-,19+,20+,21-,22-/m0/s1. The second kappa shape index (κ2) is 6.90. The topological polar surface area (TPSA) is 46.5 Å². The van der Waals surface area contributed by atoms with E-state index < -0.39 is 12.2 Å². The Morgan fingerprint density at radius 3 is 2.68 bits per heavy atom. The zero-order valence-corrected chi connectivity index (χ0v) is 16.3. The van der Waals surface area contributed by atoms with E-state index in [9.17, 15) is 9.90 Å². The Hall–Kier alpha value is -1.09. The molecule has 3 aliphatic rings. The molecule has 0 aromatic rings. The summed E-state index contributed by atoms with van der Waals surface area (Å²) >= 11 is 0. The van der Waals surface area contributed by atoms with Crippen LogP contribution in [-0.2, 0) is 9.53 Å². The zero-order valence-electron chi connectivity index (χ0n) is 16.3. The fourth-order valence-corrected chi connectivity index (χ4v) is 5.84. The van der Waals surface area contributed by atoms with Crippen LogP contribution in [0.3, 0.4) is 0 Å². The lowest BCUT2D eigenvalue weighted by Crippen LogP contribution is -2.51. The largest absolute Gasteiger partial charge is 0.455 e. The summed E-state index contributed by atoms with van der Waals surface area (Å²) in [5.74, 6) is 1.15. The van der Waals surface area contributed by atoms with Gasteiger partial charge in [-0.05, 0) is 68.8 Å². The highest BCUT2D eigenvalue weighted by molar-refractivity contribution is 5.66. The minimum absolute atomic E-state index is 0.221. The molecular weight excluding hydrogens is 312 g/mol.